The molecule has 1 fully saturated rings. The van der Waals surface area contributed by atoms with Crippen molar-refractivity contribution in [1.82, 2.24) is 14.9 Å². The molecular weight excluding hydrogens is 500 g/mol. The predicted octanol–water partition coefficient (Wildman–Crippen LogP) is 4.14. The predicted molar refractivity (Wildman–Crippen MR) is 147 cm³/mol. The Morgan fingerprint density at radius 2 is 1.77 bits per heavy atom. The van der Waals surface area contributed by atoms with Crippen molar-refractivity contribution in [2.24, 2.45) is 5.41 Å². The van der Waals surface area contributed by atoms with Crippen molar-refractivity contribution in [3.8, 4) is 0 Å². The van der Waals surface area contributed by atoms with Crippen molar-refractivity contribution in [2.75, 3.05) is 18.4 Å². The lowest BCUT2D eigenvalue weighted by Crippen LogP contribution is -2.48. The molecule has 3 aromatic rings. The Balaban J connectivity index is 1.44. The standard InChI is InChI=1S/C29H34N4O6/c1-28(2,3)39-27(37)32-14-11-29(4,12-15-32)26(36)30-22-7-5-6-19(16-22)18-33-13-10-20-8-9-21(24(34)31-38)17-23(20)25(33)35/h5-10,13,16-17,38H,11-12,14-15,18H2,1-4H3,(H,30,36)(H,31,34). The summed E-state index contributed by atoms with van der Waals surface area (Å²) in [6, 6.07) is 13.7. The number of anilines is 1. The monoisotopic (exact) mass is 534 g/mol. The zero-order valence-corrected chi connectivity index (χ0v) is 22.6. The van der Waals surface area contributed by atoms with E-state index in [-0.39, 0.29) is 29.7 Å². The number of pyridine rings is 1. The Bertz CT molecular complexity index is 1460. The molecular formula is C29H34N4O6. The second-order valence-corrected chi connectivity index (χ2v) is 11.2. The van der Waals surface area contributed by atoms with Crippen molar-refractivity contribution >= 4 is 34.4 Å². The number of amides is 3. The van der Waals surface area contributed by atoms with Crippen LogP contribution in [0.2, 0.25) is 0 Å². The molecule has 0 bridgehead atoms. The fraction of sp³-hybridized carbons (Fsp3) is 0.379. The molecule has 0 saturated carbocycles. The molecule has 1 aromatic heterocycles. The van der Waals surface area contributed by atoms with Gasteiger partial charge < -0.3 is 19.5 Å². The van der Waals surface area contributed by atoms with E-state index < -0.39 is 16.9 Å². The Hall–Kier alpha value is -4.18. The van der Waals surface area contributed by atoms with Gasteiger partial charge in [-0.25, -0.2) is 10.3 Å². The van der Waals surface area contributed by atoms with Crippen LogP contribution in [0.25, 0.3) is 10.8 Å². The summed E-state index contributed by atoms with van der Waals surface area (Å²) in [4.78, 5) is 52.1. The van der Waals surface area contributed by atoms with Crippen LogP contribution >= 0.6 is 0 Å². The van der Waals surface area contributed by atoms with Gasteiger partial charge in [0.2, 0.25) is 5.91 Å². The van der Waals surface area contributed by atoms with Gasteiger partial charge in [-0.05, 0) is 74.9 Å². The van der Waals surface area contributed by atoms with E-state index in [1.165, 1.54) is 16.7 Å². The zero-order valence-electron chi connectivity index (χ0n) is 22.6. The van der Waals surface area contributed by atoms with E-state index in [1.807, 2.05) is 45.9 Å². The highest BCUT2D eigenvalue weighted by Crippen LogP contribution is 2.33. The summed E-state index contributed by atoms with van der Waals surface area (Å²) in [5.74, 6) is -0.819. The van der Waals surface area contributed by atoms with Gasteiger partial charge in [0, 0.05) is 35.9 Å². The second kappa shape index (κ2) is 10.9. The number of ether oxygens (including phenoxy) is 1. The molecule has 0 aliphatic carbocycles. The van der Waals surface area contributed by atoms with Gasteiger partial charge in [-0.15, -0.1) is 0 Å². The average molecular weight is 535 g/mol. The molecule has 3 N–H and O–H groups in total. The lowest BCUT2D eigenvalue weighted by molar-refractivity contribution is -0.127. The number of carbonyl (C=O) groups is 3. The SMILES string of the molecule is CC(C)(C)OC(=O)N1CCC(C)(C(=O)Nc2cccc(Cn3ccc4ccc(C(=O)NO)cc4c3=O)c2)CC1. The van der Waals surface area contributed by atoms with Crippen molar-refractivity contribution in [3.05, 3.63) is 76.2 Å². The van der Waals surface area contributed by atoms with Gasteiger partial charge in [0.05, 0.1) is 12.0 Å². The number of rotatable bonds is 5. The number of carbonyl (C=O) groups excluding carboxylic acids is 3. The van der Waals surface area contributed by atoms with Crippen LogP contribution in [0.1, 0.15) is 56.5 Å². The molecule has 10 heteroatoms. The van der Waals surface area contributed by atoms with Crippen LogP contribution in [0.4, 0.5) is 10.5 Å². The van der Waals surface area contributed by atoms with Crippen LogP contribution in [0.3, 0.4) is 0 Å². The first-order valence-electron chi connectivity index (χ1n) is 12.8. The molecule has 1 saturated heterocycles. The van der Waals surface area contributed by atoms with Crippen molar-refractivity contribution in [1.29, 1.82) is 0 Å². The van der Waals surface area contributed by atoms with E-state index in [1.54, 1.807) is 34.8 Å². The number of hydrogen-bond donors (Lipinski definition) is 3. The quantitative estimate of drug-likeness (QED) is 0.333. The third-order valence-corrected chi connectivity index (χ3v) is 6.95. The molecule has 1 aliphatic rings. The third kappa shape index (κ3) is 6.46. The summed E-state index contributed by atoms with van der Waals surface area (Å²) >= 11 is 0. The second-order valence-electron chi connectivity index (χ2n) is 11.2. The molecule has 0 unspecified atom stereocenters. The number of nitrogens with zero attached hydrogens (tertiary/aromatic N) is 2. The third-order valence-electron chi connectivity index (χ3n) is 6.95. The van der Waals surface area contributed by atoms with E-state index in [0.717, 1.165) is 5.56 Å². The van der Waals surface area contributed by atoms with Gasteiger partial charge in [0.1, 0.15) is 5.60 Å². The zero-order chi connectivity index (χ0) is 28.4. The highest BCUT2D eigenvalue weighted by atomic mass is 16.6. The first-order valence-corrected chi connectivity index (χ1v) is 12.8. The number of piperidine rings is 1. The van der Waals surface area contributed by atoms with Gasteiger partial charge in [0.15, 0.2) is 0 Å². The van der Waals surface area contributed by atoms with E-state index in [9.17, 15) is 19.2 Å². The van der Waals surface area contributed by atoms with Crippen molar-refractivity contribution in [3.63, 3.8) is 0 Å². The van der Waals surface area contributed by atoms with Gasteiger partial charge in [-0.1, -0.05) is 25.1 Å². The molecule has 3 amide bonds. The molecule has 4 rings (SSSR count). The molecule has 0 spiro atoms. The van der Waals surface area contributed by atoms with Gasteiger partial charge in [-0.2, -0.15) is 0 Å². The summed E-state index contributed by atoms with van der Waals surface area (Å²) in [7, 11) is 0. The van der Waals surface area contributed by atoms with Crippen LogP contribution in [0.15, 0.2) is 59.5 Å². The van der Waals surface area contributed by atoms with Crippen LogP contribution < -0.4 is 16.4 Å². The minimum Gasteiger partial charge on any atom is -0.444 e. The fourth-order valence-electron chi connectivity index (χ4n) is 4.57. The summed E-state index contributed by atoms with van der Waals surface area (Å²) in [5, 5.41) is 12.9. The first kappa shape index (κ1) is 27.8. The Labute approximate surface area is 226 Å². The van der Waals surface area contributed by atoms with Crippen molar-refractivity contribution < 1.29 is 24.3 Å². The number of hydrogen-bond acceptors (Lipinski definition) is 6. The number of hydroxylamine groups is 1. The molecule has 0 radical (unpaired) electrons. The normalized spacial score (nSPS) is 15.1. The molecule has 1 aliphatic heterocycles. The van der Waals surface area contributed by atoms with Gasteiger partial charge in [-0.3, -0.25) is 19.6 Å². The van der Waals surface area contributed by atoms with Crippen LogP contribution in [0, 0.1) is 5.41 Å². The lowest BCUT2D eigenvalue weighted by atomic mass is 9.79. The van der Waals surface area contributed by atoms with E-state index in [0.29, 0.717) is 42.4 Å². The van der Waals surface area contributed by atoms with Crippen LogP contribution in [0.5, 0.6) is 0 Å². The maximum atomic E-state index is 13.2. The summed E-state index contributed by atoms with van der Waals surface area (Å²) < 4.78 is 6.98. The average Bonchev–Trinajstić information content (AvgIpc) is 2.89. The lowest BCUT2D eigenvalue weighted by Gasteiger charge is -2.38. The van der Waals surface area contributed by atoms with Crippen LogP contribution in [-0.2, 0) is 16.1 Å². The first-order chi connectivity index (χ1) is 18.4. The van der Waals surface area contributed by atoms with E-state index in [2.05, 4.69) is 5.32 Å². The molecule has 10 nitrogen and oxygen atoms in total. The largest absolute Gasteiger partial charge is 0.444 e. The number of benzene rings is 2. The molecule has 0 atom stereocenters. The maximum absolute atomic E-state index is 13.2. The minimum absolute atomic E-state index is 0.124. The van der Waals surface area contributed by atoms with Gasteiger partial charge >= 0.3 is 6.09 Å². The Kier molecular flexibility index (Phi) is 7.78. The summed E-state index contributed by atoms with van der Waals surface area (Å²) in [5.41, 5.74) is 1.69. The fourth-order valence-corrected chi connectivity index (χ4v) is 4.57. The number of likely N-dealkylation sites (tertiary alicyclic amines) is 1. The summed E-state index contributed by atoms with van der Waals surface area (Å²) in [6.07, 6.45) is 2.34. The van der Waals surface area contributed by atoms with Gasteiger partial charge in [0.25, 0.3) is 11.5 Å². The number of aromatic nitrogens is 1. The smallest absolute Gasteiger partial charge is 0.410 e. The molecule has 2 aromatic carbocycles. The van der Waals surface area contributed by atoms with Crippen molar-refractivity contribution in [2.45, 2.75) is 52.7 Å². The summed E-state index contributed by atoms with van der Waals surface area (Å²) in [6.45, 7) is 8.51. The molecule has 39 heavy (non-hydrogen) atoms. The highest BCUT2D eigenvalue weighted by molar-refractivity contribution is 5.98. The molecule has 2 heterocycles. The van der Waals surface area contributed by atoms with E-state index in [4.69, 9.17) is 9.94 Å². The maximum Gasteiger partial charge on any atom is 0.410 e. The van der Waals surface area contributed by atoms with Crippen LogP contribution in [-0.4, -0.2) is 51.3 Å². The minimum atomic E-state index is -0.695. The van der Waals surface area contributed by atoms with E-state index >= 15 is 0 Å². The topological polar surface area (TPSA) is 130 Å². The number of nitrogens with one attached hydrogen (secondary N) is 2. The number of fused-ring (bicyclic) bond motifs is 1. The molecule has 206 valence electrons. The Morgan fingerprint density at radius 1 is 1.05 bits per heavy atom. The Morgan fingerprint density at radius 3 is 2.44 bits per heavy atom. The highest BCUT2D eigenvalue weighted by Gasteiger charge is 2.39.